The van der Waals surface area contributed by atoms with Crippen LogP contribution in [-0.2, 0) is 0 Å². The van der Waals surface area contributed by atoms with Gasteiger partial charge in [0.1, 0.15) is 17.3 Å². The molecule has 0 aliphatic rings. The highest BCUT2D eigenvalue weighted by Crippen LogP contribution is 2.33. The van der Waals surface area contributed by atoms with Crippen LogP contribution in [0.5, 0.6) is 5.75 Å². The zero-order valence-electron chi connectivity index (χ0n) is 14.8. The number of carbonyl (C=O) groups is 1. The van der Waals surface area contributed by atoms with Crippen molar-refractivity contribution in [1.29, 1.82) is 0 Å². The second-order valence-electron chi connectivity index (χ2n) is 6.06. The van der Waals surface area contributed by atoms with Crippen molar-refractivity contribution in [2.75, 3.05) is 12.4 Å². The molecule has 140 valence electrons. The number of hydrogen-bond donors (Lipinski definition) is 1. The van der Waals surface area contributed by atoms with E-state index in [9.17, 15) is 4.79 Å². The van der Waals surface area contributed by atoms with E-state index in [-0.39, 0.29) is 5.91 Å². The van der Waals surface area contributed by atoms with Crippen LogP contribution in [0.3, 0.4) is 0 Å². The maximum atomic E-state index is 12.9. The molecule has 28 heavy (non-hydrogen) atoms. The third-order valence-corrected chi connectivity index (χ3v) is 5.29. The number of pyridine rings is 1. The van der Waals surface area contributed by atoms with Gasteiger partial charge in [0.05, 0.1) is 11.6 Å². The molecule has 0 bridgehead atoms. The second-order valence-corrected chi connectivity index (χ2v) is 7.83. The summed E-state index contributed by atoms with van der Waals surface area (Å²) in [4.78, 5) is 17.7. The lowest BCUT2D eigenvalue weighted by Crippen LogP contribution is -2.14. The Hall–Kier alpha value is -2.64. The highest BCUT2D eigenvalue weighted by molar-refractivity contribution is 9.11. The lowest BCUT2D eigenvalue weighted by atomic mass is 10.1. The second kappa shape index (κ2) is 7.77. The molecule has 1 amide bonds. The summed E-state index contributed by atoms with van der Waals surface area (Å²) >= 11 is 7.06. The van der Waals surface area contributed by atoms with Crippen molar-refractivity contribution < 1.29 is 9.53 Å². The molecule has 2 aromatic heterocycles. The van der Waals surface area contributed by atoms with E-state index < -0.39 is 0 Å². The Morgan fingerprint density at radius 3 is 2.46 bits per heavy atom. The molecule has 2 heterocycles. The Morgan fingerprint density at radius 1 is 1.07 bits per heavy atom. The molecule has 4 aromatic rings. The molecule has 0 radical (unpaired) electrons. The Balaban J connectivity index is 1.83. The van der Waals surface area contributed by atoms with Gasteiger partial charge in [0.15, 0.2) is 5.65 Å². The molecule has 0 atom stereocenters. The molecule has 2 aromatic carbocycles. The van der Waals surface area contributed by atoms with Crippen LogP contribution < -0.4 is 10.1 Å². The van der Waals surface area contributed by atoms with Gasteiger partial charge in [-0.15, -0.1) is 0 Å². The van der Waals surface area contributed by atoms with Gasteiger partial charge in [0, 0.05) is 21.8 Å². The topological polar surface area (TPSA) is 55.6 Å². The van der Waals surface area contributed by atoms with Crippen LogP contribution >= 0.6 is 31.9 Å². The van der Waals surface area contributed by atoms with Crippen LogP contribution in [0.25, 0.3) is 16.9 Å². The number of nitrogens with one attached hydrogen (secondary N) is 1. The fraction of sp³-hybridized carbons (Fsp3) is 0.0476. The Labute approximate surface area is 178 Å². The summed E-state index contributed by atoms with van der Waals surface area (Å²) in [6, 6.07) is 18.7. The average Bonchev–Trinajstić information content (AvgIpc) is 3.07. The smallest absolute Gasteiger partial charge is 0.256 e. The molecule has 0 aliphatic carbocycles. The number of ether oxygens (including phenoxy) is 1. The molecule has 1 N–H and O–H groups in total. The van der Waals surface area contributed by atoms with Crippen molar-refractivity contribution in [2.45, 2.75) is 0 Å². The average molecular weight is 501 g/mol. The zero-order chi connectivity index (χ0) is 19.7. The molecule has 0 fully saturated rings. The van der Waals surface area contributed by atoms with Gasteiger partial charge in [-0.25, -0.2) is 4.98 Å². The molecular formula is C21H15Br2N3O2. The first-order valence-corrected chi connectivity index (χ1v) is 10.0. The Bertz CT molecular complexity index is 1160. The molecule has 0 saturated heterocycles. The first-order chi connectivity index (χ1) is 13.6. The molecule has 0 spiro atoms. The predicted octanol–water partition coefficient (Wildman–Crippen LogP) is 5.79. The fourth-order valence-corrected chi connectivity index (χ4v) is 4.18. The van der Waals surface area contributed by atoms with Crippen LogP contribution in [0.2, 0.25) is 0 Å². The predicted molar refractivity (Wildman–Crippen MR) is 117 cm³/mol. The minimum Gasteiger partial charge on any atom is -0.497 e. The number of amides is 1. The number of imidazole rings is 1. The van der Waals surface area contributed by atoms with Gasteiger partial charge < -0.3 is 10.1 Å². The van der Waals surface area contributed by atoms with E-state index in [0.717, 1.165) is 14.5 Å². The van der Waals surface area contributed by atoms with Gasteiger partial charge >= 0.3 is 0 Å². The van der Waals surface area contributed by atoms with Crippen molar-refractivity contribution >= 4 is 49.2 Å². The fourth-order valence-electron chi connectivity index (χ4n) is 2.91. The minimum absolute atomic E-state index is 0.224. The van der Waals surface area contributed by atoms with Gasteiger partial charge in [-0.05, 0) is 62.2 Å². The maximum absolute atomic E-state index is 12.9. The van der Waals surface area contributed by atoms with E-state index in [0.29, 0.717) is 28.5 Å². The van der Waals surface area contributed by atoms with E-state index in [1.165, 1.54) is 0 Å². The minimum atomic E-state index is -0.224. The molecule has 7 heteroatoms. The standard InChI is InChI=1S/C21H15Br2N3O2/c1-28-16-9-7-14(8-10-16)21(27)25-20-18(13-5-3-2-4-6-13)24-19-17(23)11-15(22)12-26(19)20/h2-12H,1H3,(H,25,27). The van der Waals surface area contributed by atoms with Crippen LogP contribution in [0.15, 0.2) is 75.8 Å². The summed E-state index contributed by atoms with van der Waals surface area (Å²) in [6.07, 6.45) is 1.88. The summed E-state index contributed by atoms with van der Waals surface area (Å²) in [5.74, 6) is 1.07. The van der Waals surface area contributed by atoms with Crippen molar-refractivity contribution in [3.8, 4) is 17.0 Å². The lowest BCUT2D eigenvalue weighted by molar-refractivity contribution is 0.102. The summed E-state index contributed by atoms with van der Waals surface area (Å²) in [5, 5.41) is 3.02. The first-order valence-electron chi connectivity index (χ1n) is 8.45. The van der Waals surface area contributed by atoms with Gasteiger partial charge in [-0.3, -0.25) is 9.20 Å². The number of anilines is 1. The summed E-state index contributed by atoms with van der Waals surface area (Å²) in [5.41, 5.74) is 2.86. The highest BCUT2D eigenvalue weighted by atomic mass is 79.9. The number of benzene rings is 2. The Kier molecular flexibility index (Phi) is 5.19. The monoisotopic (exact) mass is 499 g/mol. The van der Waals surface area contributed by atoms with Gasteiger partial charge in [0.25, 0.3) is 5.91 Å². The number of carbonyl (C=O) groups excluding carboxylic acids is 1. The number of halogens is 2. The summed E-state index contributed by atoms with van der Waals surface area (Å²) < 4.78 is 8.71. The molecule has 0 unspecified atom stereocenters. The first kappa shape index (κ1) is 18.7. The zero-order valence-corrected chi connectivity index (χ0v) is 18.0. The molecular weight excluding hydrogens is 486 g/mol. The van der Waals surface area contributed by atoms with Crippen LogP contribution in [0.4, 0.5) is 5.82 Å². The van der Waals surface area contributed by atoms with Crippen molar-refractivity contribution in [3.05, 3.63) is 81.4 Å². The van der Waals surface area contributed by atoms with Crippen molar-refractivity contribution in [3.63, 3.8) is 0 Å². The number of fused-ring (bicyclic) bond motifs is 1. The van der Waals surface area contributed by atoms with E-state index in [1.807, 2.05) is 47.0 Å². The molecule has 4 rings (SSSR count). The maximum Gasteiger partial charge on any atom is 0.256 e. The Morgan fingerprint density at radius 2 is 1.79 bits per heavy atom. The third kappa shape index (κ3) is 3.55. The lowest BCUT2D eigenvalue weighted by Gasteiger charge is -2.09. The van der Waals surface area contributed by atoms with Crippen molar-refractivity contribution in [1.82, 2.24) is 9.38 Å². The highest BCUT2D eigenvalue weighted by Gasteiger charge is 2.19. The van der Waals surface area contributed by atoms with Crippen LogP contribution in [-0.4, -0.2) is 22.4 Å². The van der Waals surface area contributed by atoms with E-state index in [1.54, 1.807) is 31.4 Å². The third-order valence-electron chi connectivity index (χ3n) is 4.27. The molecule has 0 saturated carbocycles. The van der Waals surface area contributed by atoms with Crippen LogP contribution in [0, 0.1) is 0 Å². The van der Waals surface area contributed by atoms with Gasteiger partial charge in [-0.2, -0.15) is 0 Å². The van der Waals surface area contributed by atoms with Crippen molar-refractivity contribution in [2.24, 2.45) is 0 Å². The largest absolute Gasteiger partial charge is 0.497 e. The quantitative estimate of drug-likeness (QED) is 0.386. The number of nitrogens with zero attached hydrogens (tertiary/aromatic N) is 2. The van der Waals surface area contributed by atoms with Gasteiger partial charge in [0.2, 0.25) is 0 Å². The summed E-state index contributed by atoms with van der Waals surface area (Å²) in [7, 11) is 1.59. The SMILES string of the molecule is COc1ccc(C(=O)Nc2c(-c3ccccc3)nc3c(Br)cc(Br)cn23)cc1. The summed E-state index contributed by atoms with van der Waals surface area (Å²) in [6.45, 7) is 0. The van der Waals surface area contributed by atoms with Gasteiger partial charge in [-0.1, -0.05) is 30.3 Å². The number of methoxy groups -OCH3 is 1. The molecule has 0 aliphatic heterocycles. The number of hydrogen-bond acceptors (Lipinski definition) is 3. The molecule has 5 nitrogen and oxygen atoms in total. The van der Waals surface area contributed by atoms with E-state index in [2.05, 4.69) is 37.2 Å². The van der Waals surface area contributed by atoms with E-state index in [4.69, 9.17) is 9.72 Å². The van der Waals surface area contributed by atoms with Crippen LogP contribution in [0.1, 0.15) is 10.4 Å². The van der Waals surface area contributed by atoms with E-state index >= 15 is 0 Å². The normalized spacial score (nSPS) is 10.8. The number of aromatic nitrogens is 2. The number of rotatable bonds is 4.